The summed E-state index contributed by atoms with van der Waals surface area (Å²) in [6.07, 6.45) is 4.10. The zero-order chi connectivity index (χ0) is 19.0. The Labute approximate surface area is 157 Å². The van der Waals surface area contributed by atoms with E-state index in [1.807, 2.05) is 0 Å². The van der Waals surface area contributed by atoms with Gasteiger partial charge in [-0.25, -0.2) is 8.42 Å². The minimum atomic E-state index is -2.92. The second kappa shape index (κ2) is 9.92. The van der Waals surface area contributed by atoms with Crippen molar-refractivity contribution in [2.24, 2.45) is 10.9 Å². The highest BCUT2D eigenvalue weighted by Crippen LogP contribution is 2.33. The molecule has 1 aliphatic rings. The van der Waals surface area contributed by atoms with Crippen LogP contribution in [0.25, 0.3) is 0 Å². The van der Waals surface area contributed by atoms with Gasteiger partial charge in [0, 0.05) is 38.9 Å². The van der Waals surface area contributed by atoms with Gasteiger partial charge in [0.1, 0.15) is 9.84 Å². The number of nitrogens with zero attached hydrogens (tertiary/aromatic N) is 1. The lowest BCUT2D eigenvalue weighted by Crippen LogP contribution is -2.42. The van der Waals surface area contributed by atoms with Crippen molar-refractivity contribution in [3.63, 3.8) is 0 Å². The Hall–Kier alpha value is -1.60. The molecular weight excluding hydrogens is 350 g/mol. The summed E-state index contributed by atoms with van der Waals surface area (Å²) in [4.78, 5) is 4.22. The summed E-state index contributed by atoms with van der Waals surface area (Å²) in [6, 6.07) is 8.55. The van der Waals surface area contributed by atoms with Crippen molar-refractivity contribution in [2.75, 3.05) is 38.8 Å². The summed E-state index contributed by atoms with van der Waals surface area (Å²) in [5, 5.41) is 6.53. The molecule has 2 N–H and O–H groups in total. The summed E-state index contributed by atoms with van der Waals surface area (Å²) in [7, 11) is -1.19. The smallest absolute Gasteiger partial charge is 0.190 e. The van der Waals surface area contributed by atoms with Gasteiger partial charge in [0.2, 0.25) is 0 Å². The van der Waals surface area contributed by atoms with E-state index >= 15 is 0 Å². The fourth-order valence-electron chi connectivity index (χ4n) is 3.17. The number of guanidine groups is 1. The normalized spacial score (nSPS) is 21.4. The van der Waals surface area contributed by atoms with Crippen LogP contribution in [0.4, 0.5) is 0 Å². The van der Waals surface area contributed by atoms with Gasteiger partial charge in [-0.3, -0.25) is 4.99 Å². The number of aliphatic imine (C=N–C) groups is 1. The van der Waals surface area contributed by atoms with Gasteiger partial charge in [-0.05, 0) is 31.7 Å². The predicted octanol–water partition coefficient (Wildman–Crippen LogP) is 2.06. The van der Waals surface area contributed by atoms with Gasteiger partial charge in [0.15, 0.2) is 5.96 Å². The second-order valence-electron chi connectivity index (χ2n) is 6.97. The van der Waals surface area contributed by atoms with Crippen LogP contribution in [0.15, 0.2) is 29.3 Å². The summed E-state index contributed by atoms with van der Waals surface area (Å²) in [5.41, 5.74) is 2.47. The topological polar surface area (TPSA) is 79.8 Å². The Morgan fingerprint density at radius 3 is 2.65 bits per heavy atom. The third-order valence-corrected chi connectivity index (χ3v) is 5.62. The molecule has 1 aliphatic heterocycles. The molecule has 0 aliphatic carbocycles. The zero-order valence-corrected chi connectivity index (χ0v) is 16.8. The van der Waals surface area contributed by atoms with Crippen molar-refractivity contribution in [1.29, 1.82) is 0 Å². The molecule has 1 heterocycles. The minimum absolute atomic E-state index is 0.0974. The van der Waals surface area contributed by atoms with Crippen molar-refractivity contribution in [2.45, 2.75) is 32.3 Å². The summed E-state index contributed by atoms with van der Waals surface area (Å²) in [6.45, 7) is 4.23. The molecule has 0 radical (unpaired) electrons. The van der Waals surface area contributed by atoms with Crippen LogP contribution in [0.3, 0.4) is 0 Å². The van der Waals surface area contributed by atoms with E-state index in [0.717, 1.165) is 26.0 Å². The van der Waals surface area contributed by atoms with Crippen molar-refractivity contribution < 1.29 is 13.2 Å². The molecule has 0 spiro atoms. The average molecular weight is 382 g/mol. The van der Waals surface area contributed by atoms with E-state index in [9.17, 15) is 8.42 Å². The first-order valence-corrected chi connectivity index (χ1v) is 11.3. The van der Waals surface area contributed by atoms with Gasteiger partial charge in [0.25, 0.3) is 0 Å². The Balaban J connectivity index is 1.85. The van der Waals surface area contributed by atoms with E-state index in [4.69, 9.17) is 4.74 Å². The third kappa shape index (κ3) is 6.96. The van der Waals surface area contributed by atoms with Crippen molar-refractivity contribution in [3.8, 4) is 0 Å². The van der Waals surface area contributed by atoms with E-state index in [1.165, 1.54) is 17.4 Å². The quantitative estimate of drug-likeness (QED) is 0.429. The van der Waals surface area contributed by atoms with Gasteiger partial charge in [0.05, 0.1) is 11.9 Å². The maximum absolute atomic E-state index is 11.2. The van der Waals surface area contributed by atoms with Gasteiger partial charge in [-0.1, -0.05) is 29.8 Å². The van der Waals surface area contributed by atoms with Crippen LogP contribution in [0.5, 0.6) is 0 Å². The Morgan fingerprint density at radius 2 is 2.00 bits per heavy atom. The van der Waals surface area contributed by atoms with Gasteiger partial charge in [-0.15, -0.1) is 0 Å². The predicted molar refractivity (Wildman–Crippen MR) is 106 cm³/mol. The molecule has 1 aromatic rings. The van der Waals surface area contributed by atoms with E-state index in [-0.39, 0.29) is 11.9 Å². The van der Waals surface area contributed by atoms with Crippen molar-refractivity contribution in [1.82, 2.24) is 10.6 Å². The van der Waals surface area contributed by atoms with Crippen LogP contribution < -0.4 is 10.6 Å². The lowest BCUT2D eigenvalue weighted by Gasteiger charge is -2.32. The fraction of sp³-hybridized carbons (Fsp3) is 0.632. The first-order chi connectivity index (χ1) is 12.4. The van der Waals surface area contributed by atoms with E-state index in [1.54, 1.807) is 7.05 Å². The number of hydrogen-bond donors (Lipinski definition) is 2. The maximum atomic E-state index is 11.2. The Morgan fingerprint density at radius 1 is 1.27 bits per heavy atom. The number of hydrogen-bond acceptors (Lipinski definition) is 4. The maximum Gasteiger partial charge on any atom is 0.190 e. The molecule has 1 fully saturated rings. The number of sulfone groups is 1. The molecule has 26 heavy (non-hydrogen) atoms. The number of rotatable bonds is 7. The minimum Gasteiger partial charge on any atom is -0.373 e. The number of nitrogens with one attached hydrogen (secondary N) is 2. The lowest BCUT2D eigenvalue weighted by atomic mass is 9.89. The first kappa shape index (κ1) is 20.7. The molecule has 1 saturated heterocycles. The SMILES string of the molecule is CN=C(NCCCS(C)(=O)=O)NCC1CCCOC1c1ccc(C)cc1. The molecule has 2 rings (SSSR count). The summed E-state index contributed by atoms with van der Waals surface area (Å²) in [5.74, 6) is 1.26. The molecule has 0 amide bonds. The molecule has 6 nitrogen and oxygen atoms in total. The van der Waals surface area contributed by atoms with E-state index < -0.39 is 9.84 Å². The van der Waals surface area contributed by atoms with Crippen LogP contribution in [-0.4, -0.2) is 53.1 Å². The van der Waals surface area contributed by atoms with Gasteiger partial charge >= 0.3 is 0 Å². The van der Waals surface area contributed by atoms with Gasteiger partial charge < -0.3 is 15.4 Å². The molecule has 146 valence electrons. The number of benzene rings is 1. The highest BCUT2D eigenvalue weighted by molar-refractivity contribution is 7.90. The third-order valence-electron chi connectivity index (χ3n) is 4.59. The molecular formula is C19H31N3O3S. The fourth-order valence-corrected chi connectivity index (χ4v) is 3.84. The van der Waals surface area contributed by atoms with Crippen LogP contribution in [0.1, 0.15) is 36.5 Å². The standard InChI is InChI=1S/C19H31N3O3S/c1-15-7-9-16(10-8-15)18-17(6-4-12-25-18)14-22-19(20-2)21-11-5-13-26(3,23)24/h7-10,17-18H,4-6,11-14H2,1-3H3,(H2,20,21,22). The Bertz CT molecular complexity index is 686. The van der Waals surface area contributed by atoms with Crippen LogP contribution in [-0.2, 0) is 14.6 Å². The number of aryl methyl sites for hydroxylation is 1. The summed E-state index contributed by atoms with van der Waals surface area (Å²) >= 11 is 0. The Kier molecular flexibility index (Phi) is 7.90. The van der Waals surface area contributed by atoms with Crippen LogP contribution in [0, 0.1) is 12.8 Å². The zero-order valence-electron chi connectivity index (χ0n) is 16.0. The monoisotopic (exact) mass is 381 g/mol. The molecule has 0 bridgehead atoms. The van der Waals surface area contributed by atoms with Crippen LogP contribution in [0.2, 0.25) is 0 Å². The molecule has 2 unspecified atom stereocenters. The molecule has 0 saturated carbocycles. The molecule has 1 aromatic carbocycles. The van der Waals surface area contributed by atoms with E-state index in [0.29, 0.717) is 24.8 Å². The highest BCUT2D eigenvalue weighted by Gasteiger charge is 2.27. The molecule has 2 atom stereocenters. The summed E-state index contributed by atoms with van der Waals surface area (Å²) < 4.78 is 28.4. The average Bonchev–Trinajstić information content (AvgIpc) is 2.61. The van der Waals surface area contributed by atoms with Crippen molar-refractivity contribution >= 4 is 15.8 Å². The largest absolute Gasteiger partial charge is 0.373 e. The lowest BCUT2D eigenvalue weighted by molar-refractivity contribution is -0.0265. The van der Waals surface area contributed by atoms with Crippen molar-refractivity contribution in [3.05, 3.63) is 35.4 Å². The van der Waals surface area contributed by atoms with Crippen LogP contribution >= 0.6 is 0 Å². The second-order valence-corrected chi connectivity index (χ2v) is 9.23. The van der Waals surface area contributed by atoms with E-state index in [2.05, 4.69) is 46.8 Å². The van der Waals surface area contributed by atoms with Gasteiger partial charge in [-0.2, -0.15) is 0 Å². The molecule has 0 aromatic heterocycles. The number of ether oxygens (including phenoxy) is 1. The molecule has 7 heteroatoms. The highest BCUT2D eigenvalue weighted by atomic mass is 32.2. The first-order valence-electron chi connectivity index (χ1n) is 9.19.